The number of aliphatic imine (C=N–C) groups is 1. The maximum absolute atomic E-state index is 15.0. The third-order valence-corrected chi connectivity index (χ3v) is 6.35. The molecule has 0 radical (unpaired) electrons. The van der Waals surface area contributed by atoms with Crippen LogP contribution in [0.2, 0.25) is 0 Å². The average molecular weight is 488 g/mol. The molecule has 4 heterocycles. The molecule has 2 N–H and O–H groups in total. The van der Waals surface area contributed by atoms with E-state index in [4.69, 9.17) is 18.9 Å². The fourth-order valence-electron chi connectivity index (χ4n) is 4.28. The number of aromatic amines is 1. The molecule has 1 atom stereocenters. The summed E-state index contributed by atoms with van der Waals surface area (Å²) in [4.78, 5) is 11.7. The van der Waals surface area contributed by atoms with Crippen LogP contribution in [0.25, 0.3) is 11.0 Å². The molecule has 35 heavy (non-hydrogen) atoms. The molecule has 0 saturated carbocycles. The molecule has 5 rings (SSSR count). The lowest BCUT2D eigenvalue weighted by molar-refractivity contribution is -0.213. The number of nitrogens with one attached hydrogen (secondary N) is 1. The van der Waals surface area contributed by atoms with E-state index in [0.717, 1.165) is 5.56 Å². The van der Waals surface area contributed by atoms with E-state index >= 15 is 8.78 Å². The van der Waals surface area contributed by atoms with Crippen LogP contribution in [-0.4, -0.2) is 60.6 Å². The maximum atomic E-state index is 15.0. The second-order valence-corrected chi connectivity index (χ2v) is 9.29. The van der Waals surface area contributed by atoms with Crippen molar-refractivity contribution >= 4 is 16.9 Å². The van der Waals surface area contributed by atoms with Crippen molar-refractivity contribution in [1.29, 1.82) is 0 Å². The average Bonchev–Trinajstić information content (AvgIpc) is 3.25. The molecule has 186 valence electrons. The van der Waals surface area contributed by atoms with Crippen molar-refractivity contribution < 1.29 is 32.8 Å². The lowest BCUT2D eigenvalue weighted by Crippen LogP contribution is -2.48. The summed E-state index contributed by atoms with van der Waals surface area (Å²) in [5.41, 5.74) is 0.536. The normalized spacial score (nSPS) is 21.3. The van der Waals surface area contributed by atoms with Gasteiger partial charge in [0, 0.05) is 36.4 Å². The van der Waals surface area contributed by atoms with E-state index in [1.165, 1.54) is 18.3 Å². The number of aromatic nitrogens is 2. The Labute approximate surface area is 200 Å². The fourth-order valence-corrected chi connectivity index (χ4v) is 4.28. The van der Waals surface area contributed by atoms with Gasteiger partial charge in [0.1, 0.15) is 17.0 Å². The van der Waals surface area contributed by atoms with Crippen LogP contribution in [0.3, 0.4) is 0 Å². The first-order chi connectivity index (χ1) is 16.9. The zero-order chi connectivity index (χ0) is 24.6. The summed E-state index contributed by atoms with van der Waals surface area (Å²) in [5.74, 6) is -1.57. The van der Waals surface area contributed by atoms with Gasteiger partial charge in [-0.25, -0.2) is 13.8 Å². The molecule has 0 bridgehead atoms. The van der Waals surface area contributed by atoms with Gasteiger partial charge in [0.25, 0.3) is 0 Å². The van der Waals surface area contributed by atoms with Crippen LogP contribution in [0.5, 0.6) is 11.5 Å². The zero-order valence-electron chi connectivity index (χ0n) is 19.6. The van der Waals surface area contributed by atoms with Crippen molar-refractivity contribution in [1.82, 2.24) is 9.97 Å². The minimum atomic E-state index is -0.842. The number of halogens is 2. The van der Waals surface area contributed by atoms with Crippen LogP contribution in [0.15, 0.2) is 35.6 Å². The summed E-state index contributed by atoms with van der Waals surface area (Å²) < 4.78 is 52.8. The predicted molar refractivity (Wildman–Crippen MR) is 124 cm³/mol. The molecule has 10 heteroatoms. The Morgan fingerprint density at radius 2 is 1.97 bits per heavy atom. The molecule has 1 aromatic carbocycles. The Balaban J connectivity index is 1.42. The first-order valence-corrected chi connectivity index (χ1v) is 11.5. The van der Waals surface area contributed by atoms with Crippen LogP contribution in [0, 0.1) is 17.0 Å². The van der Waals surface area contributed by atoms with Crippen LogP contribution in [-0.2, 0) is 26.2 Å². The molecule has 1 fully saturated rings. The summed E-state index contributed by atoms with van der Waals surface area (Å²) in [5, 5.41) is 10.0. The number of hydrogen-bond acceptors (Lipinski definition) is 7. The van der Waals surface area contributed by atoms with Crippen LogP contribution in [0.4, 0.5) is 8.78 Å². The van der Waals surface area contributed by atoms with E-state index in [2.05, 4.69) is 15.0 Å². The Bertz CT molecular complexity index is 1250. The van der Waals surface area contributed by atoms with E-state index < -0.39 is 28.4 Å². The van der Waals surface area contributed by atoms with Crippen molar-refractivity contribution in [3.8, 4) is 11.5 Å². The molecule has 8 nitrogen and oxygen atoms in total. The topological polar surface area (TPSA) is 98.2 Å². The SMILES string of the molecule is CCOC1(c2c[nH]c3nccc(Oc4c(F)cc(CC5=NCC(C)(CO)CO5)cc4F)c23)COC1. The van der Waals surface area contributed by atoms with E-state index in [9.17, 15) is 5.11 Å². The third-order valence-electron chi connectivity index (χ3n) is 6.35. The maximum Gasteiger partial charge on any atom is 0.198 e. The minimum Gasteiger partial charge on any atom is -0.480 e. The highest BCUT2D eigenvalue weighted by Crippen LogP contribution is 2.42. The smallest absolute Gasteiger partial charge is 0.198 e. The lowest BCUT2D eigenvalue weighted by atomic mass is 9.91. The van der Waals surface area contributed by atoms with Crippen molar-refractivity contribution in [2.24, 2.45) is 10.4 Å². The van der Waals surface area contributed by atoms with Crippen molar-refractivity contribution in [2.75, 3.05) is 39.6 Å². The standard InChI is InChI=1S/C25H27F2N3O5/c1-3-34-25(13-32-14-25)16-9-29-23-21(16)19(4-5-28-23)35-22-17(26)6-15(7-18(22)27)8-20-30-10-24(2,11-31)12-33-20/h4-7,9,31H,3,8,10-14H2,1-2H3,(H,28,29). The van der Waals surface area contributed by atoms with E-state index in [-0.39, 0.29) is 18.8 Å². The monoisotopic (exact) mass is 487 g/mol. The van der Waals surface area contributed by atoms with Gasteiger partial charge in [0.05, 0.1) is 38.4 Å². The van der Waals surface area contributed by atoms with Crippen molar-refractivity contribution in [2.45, 2.75) is 25.9 Å². The van der Waals surface area contributed by atoms with Gasteiger partial charge in [-0.15, -0.1) is 0 Å². The Hall–Kier alpha value is -3.08. The molecule has 2 aliphatic heterocycles. The summed E-state index contributed by atoms with van der Waals surface area (Å²) in [6, 6.07) is 3.98. The van der Waals surface area contributed by atoms with E-state index in [1.54, 1.807) is 12.3 Å². The number of rotatable bonds is 8. The first kappa shape index (κ1) is 23.7. The Morgan fingerprint density at radius 3 is 2.57 bits per heavy atom. The highest BCUT2D eigenvalue weighted by Gasteiger charge is 2.44. The number of aliphatic hydroxyl groups is 1. The number of H-pyrrole nitrogens is 1. The van der Waals surface area contributed by atoms with Gasteiger partial charge in [-0.1, -0.05) is 6.92 Å². The summed E-state index contributed by atoms with van der Waals surface area (Å²) in [7, 11) is 0. The van der Waals surface area contributed by atoms with Crippen molar-refractivity contribution in [3.63, 3.8) is 0 Å². The summed E-state index contributed by atoms with van der Waals surface area (Å²) in [6.07, 6.45) is 3.41. The van der Waals surface area contributed by atoms with Gasteiger partial charge in [0.15, 0.2) is 23.3 Å². The minimum absolute atomic E-state index is 0.0527. The van der Waals surface area contributed by atoms with Gasteiger partial charge < -0.3 is 29.0 Å². The first-order valence-electron chi connectivity index (χ1n) is 11.5. The highest BCUT2D eigenvalue weighted by atomic mass is 19.1. The molecular formula is C25H27F2N3O5. The number of aliphatic hydroxyl groups excluding tert-OH is 1. The molecule has 2 aliphatic rings. The quantitative estimate of drug-likeness (QED) is 0.501. The van der Waals surface area contributed by atoms with Gasteiger partial charge in [-0.3, -0.25) is 4.99 Å². The molecule has 1 saturated heterocycles. The highest BCUT2D eigenvalue weighted by molar-refractivity contribution is 5.87. The summed E-state index contributed by atoms with van der Waals surface area (Å²) in [6.45, 7) is 5.58. The van der Waals surface area contributed by atoms with Crippen molar-refractivity contribution in [3.05, 3.63) is 53.4 Å². The lowest BCUT2D eigenvalue weighted by Gasteiger charge is -2.40. The van der Waals surface area contributed by atoms with Gasteiger partial charge >= 0.3 is 0 Å². The number of benzene rings is 1. The fraction of sp³-hybridized carbons (Fsp3) is 0.440. The van der Waals surface area contributed by atoms with Gasteiger partial charge in [-0.05, 0) is 30.7 Å². The Kier molecular flexibility index (Phi) is 6.20. The Morgan fingerprint density at radius 1 is 1.20 bits per heavy atom. The number of nitrogens with zero attached hydrogens (tertiary/aromatic N) is 2. The molecule has 0 amide bonds. The number of fused-ring (bicyclic) bond motifs is 1. The number of ether oxygens (including phenoxy) is 4. The molecule has 3 aromatic rings. The van der Waals surface area contributed by atoms with Crippen LogP contribution in [0.1, 0.15) is 25.0 Å². The second-order valence-electron chi connectivity index (χ2n) is 9.29. The second kappa shape index (κ2) is 9.18. The zero-order valence-corrected chi connectivity index (χ0v) is 19.6. The molecule has 0 spiro atoms. The van der Waals surface area contributed by atoms with Crippen LogP contribution < -0.4 is 4.74 Å². The molecular weight excluding hydrogens is 460 g/mol. The third kappa shape index (κ3) is 4.37. The number of hydrogen-bond donors (Lipinski definition) is 2. The summed E-state index contributed by atoms with van der Waals surface area (Å²) >= 11 is 0. The van der Waals surface area contributed by atoms with E-state index in [0.29, 0.717) is 55.5 Å². The van der Waals surface area contributed by atoms with Crippen LogP contribution >= 0.6 is 0 Å². The molecule has 1 unspecified atom stereocenters. The van der Waals surface area contributed by atoms with E-state index in [1.807, 2.05) is 13.8 Å². The molecule has 0 aliphatic carbocycles. The predicted octanol–water partition coefficient (Wildman–Crippen LogP) is 3.87. The van der Waals surface area contributed by atoms with Gasteiger partial charge in [0.2, 0.25) is 0 Å². The largest absolute Gasteiger partial charge is 0.480 e. The number of pyridine rings is 1. The molecule has 2 aromatic heterocycles. The van der Waals surface area contributed by atoms with Gasteiger partial charge in [-0.2, -0.15) is 0 Å².